The third-order valence-corrected chi connectivity index (χ3v) is 5.21. The minimum atomic E-state index is -3.45. The first-order chi connectivity index (χ1) is 11.1. The van der Waals surface area contributed by atoms with E-state index in [1.807, 2.05) is 0 Å². The van der Waals surface area contributed by atoms with Gasteiger partial charge in [-0.05, 0) is 6.42 Å². The maximum absolute atomic E-state index is 13.5. The van der Waals surface area contributed by atoms with Gasteiger partial charge in [-0.3, -0.25) is 0 Å². The molecule has 1 aromatic rings. The first-order valence-corrected chi connectivity index (χ1v) is 8.43. The molecule has 0 aliphatic rings. The number of rotatable bonds is 7. The number of carbonyl (C=O) groups is 1. The first kappa shape index (κ1) is 20.3. The molecule has 24 heavy (non-hydrogen) atoms. The van der Waals surface area contributed by atoms with E-state index in [2.05, 4.69) is 4.74 Å². The summed E-state index contributed by atoms with van der Waals surface area (Å²) in [5.74, 6) is -9.37. The van der Waals surface area contributed by atoms with Crippen LogP contribution in [-0.4, -0.2) is 45.6 Å². The lowest BCUT2D eigenvalue weighted by Gasteiger charge is -2.20. The van der Waals surface area contributed by atoms with E-state index in [1.54, 1.807) is 0 Å². The van der Waals surface area contributed by atoms with Crippen molar-refractivity contribution >= 4 is 14.9 Å². The van der Waals surface area contributed by atoms with Crippen LogP contribution in [0.15, 0.2) is 6.07 Å². The molecule has 0 spiro atoms. The number of benzene rings is 1. The Labute approximate surface area is 134 Å². The zero-order chi connectivity index (χ0) is 18.5. The van der Waals surface area contributed by atoms with Gasteiger partial charge in [-0.25, -0.2) is 18.0 Å². The van der Waals surface area contributed by atoms with Crippen molar-refractivity contribution in [2.75, 3.05) is 20.8 Å². The summed E-state index contributed by atoms with van der Waals surface area (Å²) in [5, 5.41) is -0.515. The van der Waals surface area contributed by atoms with Crippen LogP contribution in [0, 0.1) is 23.3 Å². The molecule has 1 rings (SSSR count). The number of amides is 1. The molecule has 1 amide bonds. The molecule has 0 bridgehead atoms. The third kappa shape index (κ3) is 4.86. The lowest BCUT2D eigenvalue weighted by molar-refractivity contribution is 0.0347. The van der Waals surface area contributed by atoms with Crippen molar-refractivity contribution in [2.45, 2.75) is 12.5 Å². The van der Waals surface area contributed by atoms with Gasteiger partial charge in [0.15, 0.2) is 17.4 Å². The summed E-state index contributed by atoms with van der Waals surface area (Å²) in [7, 11) is -1.07. The highest BCUT2D eigenvalue weighted by Gasteiger charge is 2.34. The Bertz CT molecular complexity index is 602. The summed E-state index contributed by atoms with van der Waals surface area (Å²) in [5.41, 5.74) is 0. The quantitative estimate of drug-likeness (QED) is 0.261. The molecule has 0 unspecified atom stereocenters. The second-order valence-electron chi connectivity index (χ2n) is 4.48. The Morgan fingerprint density at radius 1 is 1.17 bits per heavy atom. The first-order valence-electron chi connectivity index (χ1n) is 6.46. The van der Waals surface area contributed by atoms with Crippen molar-refractivity contribution in [2.24, 2.45) is 0 Å². The van der Waals surface area contributed by atoms with Crippen LogP contribution in [0.25, 0.3) is 0 Å². The van der Waals surface area contributed by atoms with Crippen LogP contribution in [0.3, 0.4) is 0 Å². The van der Waals surface area contributed by atoms with Gasteiger partial charge in [0.25, 0.3) is 0 Å². The van der Waals surface area contributed by atoms with Gasteiger partial charge < -0.3 is 18.4 Å². The van der Waals surface area contributed by atoms with E-state index in [4.69, 9.17) is 8.85 Å². The molecule has 12 heteroatoms. The Morgan fingerprint density at radius 2 is 1.75 bits per heavy atom. The number of carbonyl (C=O) groups excluding carboxylic acids is 1. The van der Waals surface area contributed by atoms with Crippen LogP contribution in [0.2, 0.25) is 6.04 Å². The molecule has 0 heterocycles. The number of hydrogen-bond donors (Lipinski definition) is 1. The minimum Gasteiger partial charge on any atom is -0.405 e. The summed E-state index contributed by atoms with van der Waals surface area (Å²) < 4.78 is 79.1. The number of nitrogens with zero attached hydrogens (tertiary/aromatic N) is 1. The van der Waals surface area contributed by atoms with Crippen LogP contribution >= 0.6 is 0 Å². The Balaban J connectivity index is 2.65. The predicted octanol–water partition coefficient (Wildman–Crippen LogP) is 2.54. The van der Waals surface area contributed by atoms with Gasteiger partial charge in [0.05, 0.1) is 6.54 Å². The van der Waals surface area contributed by atoms with Crippen molar-refractivity contribution in [1.82, 2.24) is 5.12 Å². The molecular weight excluding hydrogens is 361 g/mol. The fourth-order valence-electron chi connectivity index (χ4n) is 1.59. The molecule has 0 aliphatic heterocycles. The molecule has 0 atom stereocenters. The molecule has 0 saturated heterocycles. The summed E-state index contributed by atoms with van der Waals surface area (Å²) >= 11 is 0. The van der Waals surface area contributed by atoms with Crippen LogP contribution < -0.4 is 4.74 Å². The van der Waals surface area contributed by atoms with Crippen LogP contribution in [0.5, 0.6) is 5.75 Å². The van der Waals surface area contributed by atoms with Crippen molar-refractivity contribution in [1.29, 1.82) is 0 Å². The van der Waals surface area contributed by atoms with E-state index >= 15 is 0 Å². The second-order valence-corrected chi connectivity index (χ2v) is 7.22. The normalized spacial score (nSPS) is 11.5. The van der Waals surface area contributed by atoms with Gasteiger partial charge in [0, 0.05) is 26.3 Å². The highest BCUT2D eigenvalue weighted by molar-refractivity contribution is 6.59. The molecule has 136 valence electrons. The van der Waals surface area contributed by atoms with E-state index in [-0.39, 0.29) is 18.5 Å². The second kappa shape index (κ2) is 8.37. The van der Waals surface area contributed by atoms with Crippen LogP contribution in [-0.2, 0) is 8.85 Å². The molecule has 6 nitrogen and oxygen atoms in total. The number of hydrogen-bond acceptors (Lipinski definition) is 5. The molecule has 0 radical (unpaired) electrons. The highest BCUT2D eigenvalue weighted by atomic mass is 28.4. The summed E-state index contributed by atoms with van der Waals surface area (Å²) in [6.07, 6.45) is -1.88. The van der Waals surface area contributed by atoms with Crippen LogP contribution in [0.1, 0.15) is 6.42 Å². The summed E-state index contributed by atoms with van der Waals surface area (Å²) in [6, 6.07) is -0.0249. The zero-order valence-corrected chi connectivity index (χ0v) is 13.6. The monoisotopic (exact) mass is 375 g/mol. The maximum atomic E-state index is 13.5. The summed E-state index contributed by atoms with van der Waals surface area (Å²) in [6.45, 7) is -0.603. The van der Waals surface area contributed by atoms with E-state index in [0.29, 0.717) is 0 Å². The van der Waals surface area contributed by atoms with Gasteiger partial charge in [-0.2, -0.15) is 4.39 Å². The third-order valence-electron chi connectivity index (χ3n) is 2.95. The Kier molecular flexibility index (Phi) is 7.07. The van der Waals surface area contributed by atoms with Gasteiger partial charge >= 0.3 is 14.9 Å². The lowest BCUT2D eigenvalue weighted by Crippen LogP contribution is -2.41. The maximum Gasteiger partial charge on any atom is 0.497 e. The topological polar surface area (TPSA) is 68.2 Å². The average Bonchev–Trinajstić information content (AvgIpc) is 2.57. The molecule has 0 aliphatic carbocycles. The standard InChI is InChI=1S/C12H14F5NO5Si/c1-21-24(20,22-2)5-3-4-18(17)12(19)23-8-6-7(13)9(14)11(16)10(8)15/h6,20H,3-5H2,1-2H3. The fourth-order valence-corrected chi connectivity index (χ4v) is 2.77. The smallest absolute Gasteiger partial charge is 0.405 e. The van der Waals surface area contributed by atoms with Crippen molar-refractivity contribution in [3.05, 3.63) is 29.3 Å². The molecule has 0 fully saturated rings. The fraction of sp³-hybridized carbons (Fsp3) is 0.417. The van der Waals surface area contributed by atoms with Gasteiger partial charge in [0.2, 0.25) is 11.6 Å². The van der Waals surface area contributed by atoms with E-state index in [1.165, 1.54) is 14.2 Å². The Hall–Kier alpha value is -1.76. The van der Waals surface area contributed by atoms with E-state index < -0.39 is 55.6 Å². The molecule has 1 N–H and O–H groups in total. The van der Waals surface area contributed by atoms with Gasteiger partial charge in [0.1, 0.15) is 0 Å². The largest absolute Gasteiger partial charge is 0.497 e. The minimum absolute atomic E-state index is 0.0704. The van der Waals surface area contributed by atoms with Crippen molar-refractivity contribution in [3.8, 4) is 5.75 Å². The molecular formula is C12H14F5NO5Si. The van der Waals surface area contributed by atoms with Crippen molar-refractivity contribution < 1.29 is 45.2 Å². The number of ether oxygens (including phenoxy) is 1. The van der Waals surface area contributed by atoms with E-state index in [0.717, 1.165) is 0 Å². The Morgan fingerprint density at radius 3 is 2.29 bits per heavy atom. The summed E-state index contributed by atoms with van der Waals surface area (Å²) in [4.78, 5) is 21.1. The highest BCUT2D eigenvalue weighted by Crippen LogP contribution is 2.25. The molecule has 0 aromatic heterocycles. The molecule has 1 aromatic carbocycles. The SMILES string of the molecule is CO[Si](O)(CCCN(F)C(=O)Oc1cc(F)c(F)c(F)c1F)OC. The average molecular weight is 375 g/mol. The van der Waals surface area contributed by atoms with Gasteiger partial charge in [-0.15, -0.1) is 5.12 Å². The van der Waals surface area contributed by atoms with Gasteiger partial charge in [-0.1, -0.05) is 4.48 Å². The predicted molar refractivity (Wildman–Crippen MR) is 71.5 cm³/mol. The number of halogens is 5. The zero-order valence-electron chi connectivity index (χ0n) is 12.6. The van der Waals surface area contributed by atoms with Crippen LogP contribution in [0.4, 0.5) is 26.8 Å². The van der Waals surface area contributed by atoms with E-state index in [9.17, 15) is 31.6 Å². The molecule has 0 saturated carbocycles. The van der Waals surface area contributed by atoms with Crippen molar-refractivity contribution in [3.63, 3.8) is 0 Å². The lowest BCUT2D eigenvalue weighted by atomic mass is 10.3.